The zero-order chi connectivity index (χ0) is 31.2. The van der Waals surface area contributed by atoms with E-state index in [1.165, 1.54) is 55.6 Å². The molecule has 5 aromatic rings. The highest BCUT2D eigenvalue weighted by atomic mass is 14.2. The van der Waals surface area contributed by atoms with Crippen LogP contribution in [0.1, 0.15) is 46.7 Å². The number of rotatable bonds is 8. The first-order valence-corrected chi connectivity index (χ1v) is 15.2. The lowest BCUT2D eigenvalue weighted by atomic mass is 9.87. The first kappa shape index (κ1) is 30.3. The van der Waals surface area contributed by atoms with Crippen molar-refractivity contribution >= 4 is 18.2 Å². The van der Waals surface area contributed by atoms with Gasteiger partial charge < -0.3 is 0 Å². The monoisotopic (exact) mass is 569 g/mol. The Morgan fingerprint density at radius 1 is 0.773 bits per heavy atom. The molecular weight excluding hydrogens is 530 g/mol. The summed E-state index contributed by atoms with van der Waals surface area (Å²) in [6.07, 6.45) is 8.34. The van der Waals surface area contributed by atoms with Gasteiger partial charge in [-0.2, -0.15) is 5.26 Å². The van der Waals surface area contributed by atoms with E-state index < -0.39 is 0 Å². The topological polar surface area (TPSA) is 23.8 Å². The van der Waals surface area contributed by atoms with Crippen LogP contribution in [0, 0.1) is 32.1 Å². The predicted molar refractivity (Wildman–Crippen MR) is 190 cm³/mol. The minimum absolute atomic E-state index is 0.670. The van der Waals surface area contributed by atoms with Gasteiger partial charge in [0, 0.05) is 0 Å². The van der Waals surface area contributed by atoms with Crippen molar-refractivity contribution in [2.75, 3.05) is 0 Å². The second-order valence-electron chi connectivity index (χ2n) is 11.6. The maximum Gasteiger partial charge on any atom is 0.0991 e. The zero-order valence-corrected chi connectivity index (χ0v) is 26.2. The van der Waals surface area contributed by atoms with Crippen molar-refractivity contribution in [3.63, 3.8) is 0 Å². The molecule has 0 aliphatic heterocycles. The Balaban J connectivity index is 1.51. The maximum absolute atomic E-state index is 9.32. The number of hydrogen-bond donors (Lipinski definition) is 0. The minimum atomic E-state index is 0.670. The summed E-state index contributed by atoms with van der Waals surface area (Å²) in [6, 6.07) is 36.4. The van der Waals surface area contributed by atoms with Crippen molar-refractivity contribution in [2.24, 2.45) is 0 Å². The van der Waals surface area contributed by atoms with Crippen LogP contribution in [0.3, 0.4) is 0 Å². The van der Waals surface area contributed by atoms with Gasteiger partial charge >= 0.3 is 0 Å². The van der Waals surface area contributed by atoms with E-state index in [9.17, 15) is 5.26 Å². The fourth-order valence-electron chi connectivity index (χ4n) is 5.83. The predicted octanol–water partition coefficient (Wildman–Crippen LogP) is 9.90. The van der Waals surface area contributed by atoms with Gasteiger partial charge in [-0.15, -0.1) is 6.58 Å². The van der Waals surface area contributed by atoms with Crippen molar-refractivity contribution in [3.05, 3.63) is 160 Å². The smallest absolute Gasteiger partial charge is 0.0991 e. The molecule has 5 rings (SSSR count). The van der Waals surface area contributed by atoms with Crippen LogP contribution in [0.25, 0.3) is 51.6 Å². The number of allylic oxidation sites excluding steroid dienone is 3. The van der Waals surface area contributed by atoms with Crippen LogP contribution in [0.15, 0.2) is 116 Å². The normalized spacial score (nSPS) is 11.8. The summed E-state index contributed by atoms with van der Waals surface area (Å²) in [5.41, 5.74) is 15.2. The minimum Gasteiger partial charge on any atom is -0.192 e. The van der Waals surface area contributed by atoms with Crippen LogP contribution in [0.2, 0.25) is 0 Å². The van der Waals surface area contributed by atoms with Gasteiger partial charge in [-0.1, -0.05) is 104 Å². The third-order valence-corrected chi connectivity index (χ3v) is 8.63. The lowest BCUT2D eigenvalue weighted by Gasteiger charge is -2.17. The van der Waals surface area contributed by atoms with Crippen LogP contribution < -0.4 is 10.4 Å². The second kappa shape index (κ2) is 13.4. The zero-order valence-electron chi connectivity index (χ0n) is 26.2. The maximum atomic E-state index is 9.32. The van der Waals surface area contributed by atoms with Crippen LogP contribution in [0.5, 0.6) is 0 Å². The Labute approximate surface area is 262 Å². The van der Waals surface area contributed by atoms with E-state index in [2.05, 4.69) is 138 Å². The Kier molecular flexibility index (Phi) is 9.23. The molecule has 0 atom stereocenters. The summed E-state index contributed by atoms with van der Waals surface area (Å²) in [5, 5.41) is 11.6. The van der Waals surface area contributed by atoms with E-state index in [-0.39, 0.29) is 0 Å². The largest absolute Gasteiger partial charge is 0.192 e. The molecule has 0 fully saturated rings. The molecule has 0 unspecified atom stereocenters. The third kappa shape index (κ3) is 6.41. The molecule has 0 radical (unpaired) electrons. The molecule has 0 saturated heterocycles. The van der Waals surface area contributed by atoms with Gasteiger partial charge in [-0.05, 0) is 136 Å². The molecule has 216 valence electrons. The van der Waals surface area contributed by atoms with E-state index >= 15 is 0 Å². The molecule has 5 aromatic carbocycles. The molecule has 0 aliphatic carbocycles. The Bertz CT molecular complexity index is 2030. The van der Waals surface area contributed by atoms with Crippen molar-refractivity contribution < 1.29 is 0 Å². The number of aryl methyl sites for hydroxylation is 3. The van der Waals surface area contributed by atoms with Gasteiger partial charge in [0.05, 0.1) is 11.6 Å². The van der Waals surface area contributed by atoms with E-state index in [0.717, 1.165) is 34.4 Å². The third-order valence-electron chi connectivity index (χ3n) is 8.63. The van der Waals surface area contributed by atoms with Crippen molar-refractivity contribution in [1.82, 2.24) is 0 Å². The molecular formula is C43H39N. The van der Waals surface area contributed by atoms with Crippen LogP contribution in [-0.2, 0) is 6.42 Å². The molecule has 0 aromatic heterocycles. The van der Waals surface area contributed by atoms with Gasteiger partial charge in [-0.25, -0.2) is 0 Å². The summed E-state index contributed by atoms with van der Waals surface area (Å²) in [5.74, 6) is 0. The molecule has 1 nitrogen and oxygen atoms in total. The molecule has 44 heavy (non-hydrogen) atoms. The molecule has 0 aliphatic rings. The quantitative estimate of drug-likeness (QED) is 0.171. The summed E-state index contributed by atoms with van der Waals surface area (Å²) in [4.78, 5) is 0. The first-order chi connectivity index (χ1) is 21.3. The summed E-state index contributed by atoms with van der Waals surface area (Å²) < 4.78 is 0. The van der Waals surface area contributed by atoms with Gasteiger partial charge in [0.2, 0.25) is 0 Å². The fourth-order valence-corrected chi connectivity index (χ4v) is 5.83. The van der Waals surface area contributed by atoms with Gasteiger partial charge in [0.1, 0.15) is 0 Å². The fraction of sp³-hybridized carbons (Fsp3) is 0.140. The standard InChI is InChI=1S/C43H39N/c1-7-8-13-35-20-21-36(33(6)32(35)5)18-16-29(2)39-19-17-30(3)42(27-39)43-31(4)11-9-15-41(43)38-24-22-37(23-25-38)40-14-10-12-34(26-40)28-44/h7,9-12,14-27H,1,6,8,13H2,2-5H3/b29-16+,36-18-. The number of benzene rings is 5. The second-order valence-corrected chi connectivity index (χ2v) is 11.6. The highest BCUT2D eigenvalue weighted by Gasteiger charge is 2.14. The number of nitriles is 1. The first-order valence-electron chi connectivity index (χ1n) is 15.2. The molecule has 0 N–H and O–H groups in total. The summed E-state index contributed by atoms with van der Waals surface area (Å²) in [6.45, 7) is 17.0. The van der Waals surface area contributed by atoms with Crippen molar-refractivity contribution in [1.29, 1.82) is 5.26 Å². The molecule has 0 saturated carbocycles. The van der Waals surface area contributed by atoms with E-state index in [0.29, 0.717) is 5.56 Å². The summed E-state index contributed by atoms with van der Waals surface area (Å²) >= 11 is 0. The highest BCUT2D eigenvalue weighted by Crippen LogP contribution is 2.38. The molecule has 0 bridgehead atoms. The SMILES string of the molecule is C=CCCc1cc/c(=C/C=C(\C)c2ccc(C)c(-c3c(C)cccc3-c3ccc(-c4cccc(C#N)c4)cc3)c2)c(=C)c1C. The lowest BCUT2D eigenvalue weighted by Crippen LogP contribution is -2.26. The van der Waals surface area contributed by atoms with Gasteiger partial charge in [0.15, 0.2) is 0 Å². The van der Waals surface area contributed by atoms with Crippen molar-refractivity contribution in [2.45, 2.75) is 40.5 Å². The van der Waals surface area contributed by atoms with Gasteiger partial charge in [0.25, 0.3) is 0 Å². The average molecular weight is 570 g/mol. The van der Waals surface area contributed by atoms with E-state index in [1.54, 1.807) is 0 Å². The molecule has 0 spiro atoms. The highest BCUT2D eigenvalue weighted by molar-refractivity contribution is 5.89. The van der Waals surface area contributed by atoms with E-state index in [4.69, 9.17) is 0 Å². The van der Waals surface area contributed by atoms with E-state index in [1.807, 2.05) is 24.3 Å². The van der Waals surface area contributed by atoms with Crippen LogP contribution in [-0.4, -0.2) is 0 Å². The van der Waals surface area contributed by atoms with Crippen LogP contribution >= 0.6 is 0 Å². The Morgan fingerprint density at radius 2 is 1.52 bits per heavy atom. The molecule has 0 amide bonds. The molecule has 0 heterocycles. The Hall–Kier alpha value is -5.19. The average Bonchev–Trinajstić information content (AvgIpc) is 3.05. The molecule has 1 heteroatoms. The van der Waals surface area contributed by atoms with Crippen molar-refractivity contribution in [3.8, 4) is 39.4 Å². The lowest BCUT2D eigenvalue weighted by molar-refractivity contribution is 0.984. The number of nitrogens with zero attached hydrogens (tertiary/aromatic N) is 1. The number of hydrogen-bond acceptors (Lipinski definition) is 1. The van der Waals surface area contributed by atoms with Gasteiger partial charge in [-0.3, -0.25) is 0 Å². The van der Waals surface area contributed by atoms with Crippen LogP contribution in [0.4, 0.5) is 0 Å². The Morgan fingerprint density at radius 3 is 2.27 bits per heavy atom. The summed E-state index contributed by atoms with van der Waals surface area (Å²) in [7, 11) is 0.